The minimum atomic E-state index is 0.526. The number of hydrogen-bond donors (Lipinski definition) is 2. The fraction of sp³-hybridized carbons (Fsp3) is 0.111. The summed E-state index contributed by atoms with van der Waals surface area (Å²) in [5.41, 5.74) is 3.32. The Morgan fingerprint density at radius 1 is 1.08 bits per heavy atom. The largest absolute Gasteiger partial charge is 0.332 e. The first-order valence-electron chi connectivity index (χ1n) is 7.52. The van der Waals surface area contributed by atoms with Crippen LogP contribution in [0.5, 0.6) is 0 Å². The molecule has 24 heavy (non-hydrogen) atoms. The number of aryl methyl sites for hydroxylation is 1. The monoisotopic (exact) mass is 400 g/mol. The van der Waals surface area contributed by atoms with Crippen molar-refractivity contribution in [3.63, 3.8) is 0 Å². The van der Waals surface area contributed by atoms with Gasteiger partial charge in [-0.15, -0.1) is 0 Å². The number of hydrogen-bond acceptors (Lipinski definition) is 2. The topological polar surface area (TPSA) is 41.9 Å². The highest BCUT2D eigenvalue weighted by Gasteiger charge is 2.04. The Hall–Kier alpha value is -2.18. The van der Waals surface area contributed by atoms with Gasteiger partial charge in [-0.3, -0.25) is 4.68 Å². The molecule has 122 valence electrons. The average Bonchev–Trinajstić information content (AvgIpc) is 2.99. The molecule has 0 unspecified atom stereocenters. The molecule has 2 aromatic carbocycles. The number of rotatable bonds is 4. The molecule has 4 nitrogen and oxygen atoms in total. The molecule has 0 bridgehead atoms. The van der Waals surface area contributed by atoms with Crippen LogP contribution >= 0.6 is 28.1 Å². The third kappa shape index (κ3) is 4.43. The van der Waals surface area contributed by atoms with Gasteiger partial charge in [-0.1, -0.05) is 46.3 Å². The fourth-order valence-corrected chi connectivity index (χ4v) is 2.76. The summed E-state index contributed by atoms with van der Waals surface area (Å²) in [6.07, 6.45) is 1.93. The third-order valence-corrected chi connectivity index (χ3v) is 4.27. The standard InChI is InChI=1S/C18H17BrN4S/c1-13-4-2-3-5-16(13)20-18(24)21-17-10-11-23(22-17)12-14-6-8-15(19)9-7-14/h2-11H,12H2,1H3,(H2,20,21,22,24). The predicted molar refractivity (Wildman–Crippen MR) is 106 cm³/mol. The maximum absolute atomic E-state index is 5.35. The van der Waals surface area contributed by atoms with E-state index in [1.165, 1.54) is 5.56 Å². The Labute approximate surface area is 155 Å². The number of nitrogens with zero attached hydrogens (tertiary/aromatic N) is 2. The lowest BCUT2D eigenvalue weighted by Gasteiger charge is -2.10. The third-order valence-electron chi connectivity index (χ3n) is 3.53. The van der Waals surface area contributed by atoms with Crippen LogP contribution in [0.2, 0.25) is 0 Å². The summed E-state index contributed by atoms with van der Waals surface area (Å²) >= 11 is 8.79. The highest BCUT2D eigenvalue weighted by Crippen LogP contribution is 2.14. The molecule has 3 aromatic rings. The predicted octanol–water partition coefficient (Wildman–Crippen LogP) is 4.81. The molecule has 0 radical (unpaired) electrons. The summed E-state index contributed by atoms with van der Waals surface area (Å²) in [5.74, 6) is 0.721. The zero-order valence-electron chi connectivity index (χ0n) is 13.2. The van der Waals surface area contributed by atoms with Crippen molar-refractivity contribution >= 4 is 44.8 Å². The van der Waals surface area contributed by atoms with Gasteiger partial charge in [-0.25, -0.2) is 0 Å². The van der Waals surface area contributed by atoms with Gasteiger partial charge in [-0.05, 0) is 48.5 Å². The summed E-state index contributed by atoms with van der Waals surface area (Å²) in [5, 5.41) is 11.3. The Kier molecular flexibility index (Phi) is 5.27. The quantitative estimate of drug-likeness (QED) is 0.616. The summed E-state index contributed by atoms with van der Waals surface area (Å²) in [6, 6.07) is 18.1. The number of para-hydroxylation sites is 1. The first-order chi connectivity index (χ1) is 11.6. The van der Waals surface area contributed by atoms with E-state index in [0.29, 0.717) is 11.7 Å². The molecular formula is C18H17BrN4S. The van der Waals surface area contributed by atoms with Crippen molar-refractivity contribution in [2.75, 3.05) is 10.6 Å². The van der Waals surface area contributed by atoms with Crippen LogP contribution in [0.4, 0.5) is 11.5 Å². The van der Waals surface area contributed by atoms with Crippen molar-refractivity contribution in [2.24, 2.45) is 0 Å². The smallest absolute Gasteiger partial charge is 0.176 e. The van der Waals surface area contributed by atoms with Crippen molar-refractivity contribution in [1.82, 2.24) is 9.78 Å². The van der Waals surface area contributed by atoms with Gasteiger partial charge in [0.05, 0.1) is 6.54 Å². The normalized spacial score (nSPS) is 10.4. The Bertz CT molecular complexity index is 842. The molecule has 3 rings (SSSR count). The molecule has 0 atom stereocenters. The second kappa shape index (κ2) is 7.59. The lowest BCUT2D eigenvalue weighted by Crippen LogP contribution is -2.20. The van der Waals surface area contributed by atoms with Crippen LogP contribution < -0.4 is 10.6 Å². The maximum atomic E-state index is 5.35. The average molecular weight is 401 g/mol. The van der Waals surface area contributed by atoms with Crippen LogP contribution in [0.3, 0.4) is 0 Å². The van der Waals surface area contributed by atoms with Gasteiger partial charge >= 0.3 is 0 Å². The van der Waals surface area contributed by atoms with Gasteiger partial charge in [-0.2, -0.15) is 5.10 Å². The van der Waals surface area contributed by atoms with E-state index in [4.69, 9.17) is 12.2 Å². The molecule has 0 spiro atoms. The molecule has 0 saturated heterocycles. The van der Waals surface area contributed by atoms with E-state index in [1.54, 1.807) is 0 Å². The van der Waals surface area contributed by atoms with E-state index in [0.717, 1.165) is 21.5 Å². The Balaban J connectivity index is 1.60. The van der Waals surface area contributed by atoms with Gasteiger partial charge in [0.15, 0.2) is 10.9 Å². The zero-order chi connectivity index (χ0) is 16.9. The number of benzene rings is 2. The van der Waals surface area contributed by atoms with Gasteiger partial charge in [0.1, 0.15) is 0 Å². The first-order valence-corrected chi connectivity index (χ1v) is 8.72. The van der Waals surface area contributed by atoms with Crippen LogP contribution in [0.1, 0.15) is 11.1 Å². The molecule has 0 aliphatic carbocycles. The molecule has 0 aliphatic rings. The van der Waals surface area contributed by atoms with Crippen LogP contribution in [-0.2, 0) is 6.54 Å². The highest BCUT2D eigenvalue weighted by molar-refractivity contribution is 9.10. The Morgan fingerprint density at radius 3 is 2.58 bits per heavy atom. The SMILES string of the molecule is Cc1ccccc1NC(=S)Nc1ccn(Cc2ccc(Br)cc2)n1. The lowest BCUT2D eigenvalue weighted by molar-refractivity contribution is 0.690. The molecular weight excluding hydrogens is 384 g/mol. The molecule has 0 fully saturated rings. The van der Waals surface area contributed by atoms with Gasteiger partial charge in [0.2, 0.25) is 0 Å². The van der Waals surface area contributed by atoms with Gasteiger partial charge < -0.3 is 10.6 Å². The highest BCUT2D eigenvalue weighted by atomic mass is 79.9. The van der Waals surface area contributed by atoms with Crippen LogP contribution in [-0.4, -0.2) is 14.9 Å². The molecule has 0 aliphatic heterocycles. The van der Waals surface area contributed by atoms with Gasteiger partial charge in [0.25, 0.3) is 0 Å². The molecule has 2 N–H and O–H groups in total. The van der Waals surface area contributed by atoms with E-state index in [1.807, 2.05) is 60.3 Å². The van der Waals surface area contributed by atoms with E-state index in [2.05, 4.69) is 43.8 Å². The number of thiocarbonyl (C=S) groups is 1. The second-order valence-electron chi connectivity index (χ2n) is 5.42. The maximum Gasteiger partial charge on any atom is 0.176 e. The first kappa shape index (κ1) is 16.7. The number of nitrogens with one attached hydrogen (secondary N) is 2. The summed E-state index contributed by atoms with van der Waals surface area (Å²) in [7, 11) is 0. The molecule has 6 heteroatoms. The number of aromatic nitrogens is 2. The van der Waals surface area contributed by atoms with E-state index in [9.17, 15) is 0 Å². The summed E-state index contributed by atoms with van der Waals surface area (Å²) in [6.45, 7) is 2.75. The zero-order valence-corrected chi connectivity index (χ0v) is 15.6. The van der Waals surface area contributed by atoms with Crippen molar-refractivity contribution in [2.45, 2.75) is 13.5 Å². The van der Waals surface area contributed by atoms with Crippen LogP contribution in [0.25, 0.3) is 0 Å². The van der Waals surface area contributed by atoms with Crippen LogP contribution in [0, 0.1) is 6.92 Å². The van der Waals surface area contributed by atoms with Crippen LogP contribution in [0.15, 0.2) is 65.3 Å². The fourth-order valence-electron chi connectivity index (χ4n) is 2.28. The van der Waals surface area contributed by atoms with Crippen molar-refractivity contribution in [3.05, 3.63) is 76.4 Å². The Morgan fingerprint density at radius 2 is 1.83 bits per heavy atom. The summed E-state index contributed by atoms with van der Waals surface area (Å²) < 4.78 is 2.95. The number of halogens is 1. The van der Waals surface area contributed by atoms with E-state index < -0.39 is 0 Å². The minimum Gasteiger partial charge on any atom is -0.332 e. The van der Waals surface area contributed by atoms with Gasteiger partial charge in [0, 0.05) is 22.4 Å². The van der Waals surface area contributed by atoms with Crippen molar-refractivity contribution in [3.8, 4) is 0 Å². The molecule has 0 amide bonds. The minimum absolute atomic E-state index is 0.526. The van der Waals surface area contributed by atoms with Crippen molar-refractivity contribution in [1.29, 1.82) is 0 Å². The molecule has 1 aromatic heterocycles. The van der Waals surface area contributed by atoms with E-state index in [-0.39, 0.29) is 0 Å². The van der Waals surface area contributed by atoms with E-state index >= 15 is 0 Å². The lowest BCUT2D eigenvalue weighted by atomic mass is 10.2. The molecule has 0 saturated carbocycles. The van der Waals surface area contributed by atoms with Crippen molar-refractivity contribution < 1.29 is 0 Å². The molecule has 1 heterocycles. The summed E-state index contributed by atoms with van der Waals surface area (Å²) in [4.78, 5) is 0. The number of anilines is 2. The second-order valence-corrected chi connectivity index (χ2v) is 6.74.